The number of hydrogen-bond acceptors (Lipinski definition) is 13. The van der Waals surface area contributed by atoms with Gasteiger partial charge in [0.15, 0.2) is 18.7 Å². The van der Waals surface area contributed by atoms with E-state index in [1.807, 2.05) is 0 Å². The Balaban J connectivity index is 2.44. The van der Waals surface area contributed by atoms with Crippen LogP contribution in [0.25, 0.3) is 0 Å². The quantitative estimate of drug-likeness (QED) is 0.0274. The van der Waals surface area contributed by atoms with Crippen molar-refractivity contribution in [3.05, 3.63) is 0 Å². The topological polar surface area (TPSA) is 248 Å². The van der Waals surface area contributed by atoms with Gasteiger partial charge in [0.05, 0.1) is 6.61 Å². The number of aliphatic hydroxyl groups excluding tert-OH is 7. The lowest BCUT2D eigenvalue weighted by molar-refractivity contribution is -0.258. The summed E-state index contributed by atoms with van der Waals surface area (Å²) in [6, 6.07) is 0. The average molecular weight is 625 g/mol. The number of carbonyl (C=O) groups is 2. The number of hydrogen-bond donors (Lipinski definition) is 10. The molecule has 0 saturated carbocycles. The lowest BCUT2D eigenvalue weighted by Gasteiger charge is -2.34. The molecule has 254 valence electrons. The first-order valence-corrected chi connectivity index (χ1v) is 15.4. The van der Waals surface area contributed by atoms with Crippen LogP contribution in [0.1, 0.15) is 97.8 Å². The normalized spacial score (nSPS) is 23.5. The van der Waals surface area contributed by atoms with E-state index in [9.17, 15) is 45.3 Å². The van der Waals surface area contributed by atoms with Crippen molar-refractivity contribution in [1.82, 2.24) is 15.9 Å². The molecule has 0 aromatic carbocycles. The number of unbranched alkanes of at least 4 members (excludes halogenated alkanes) is 10. The standard InChI is InChI=1S/C28H56N4O11/c1-4-5-6-7-8-9-10-11-12-13-14-15-19(35)32(29)30-17-28(2,3)31-25(40)21(37)20(36)24(18(34)16-33)42-27-23(39)22(38)26(41)43-27/h18,20-24,26-27,30,33-34,36-39,41H,4-17,29H2,1-3H3,(H,31,40). The molecule has 8 unspecified atom stereocenters. The maximum absolute atomic E-state index is 12.7. The molecule has 0 aromatic rings. The molecule has 0 radical (unpaired) electrons. The minimum atomic E-state index is -2.18. The van der Waals surface area contributed by atoms with Gasteiger partial charge in [0, 0.05) is 18.5 Å². The van der Waals surface area contributed by atoms with Crippen LogP contribution in [-0.4, -0.2) is 121 Å². The Kier molecular flexibility index (Phi) is 18.9. The van der Waals surface area contributed by atoms with E-state index in [4.69, 9.17) is 15.3 Å². The van der Waals surface area contributed by atoms with E-state index in [0.717, 1.165) is 24.4 Å². The Hall–Kier alpha value is -1.50. The molecular formula is C28H56N4O11. The van der Waals surface area contributed by atoms with Crippen molar-refractivity contribution < 1.29 is 54.8 Å². The molecule has 1 aliphatic rings. The maximum atomic E-state index is 12.7. The van der Waals surface area contributed by atoms with Gasteiger partial charge in [-0.15, -0.1) is 0 Å². The van der Waals surface area contributed by atoms with Gasteiger partial charge in [0.25, 0.3) is 11.8 Å². The van der Waals surface area contributed by atoms with E-state index >= 15 is 0 Å². The second kappa shape index (κ2) is 20.5. The fraction of sp³-hybridized carbons (Fsp3) is 0.929. The zero-order valence-corrected chi connectivity index (χ0v) is 25.8. The van der Waals surface area contributed by atoms with Crippen LogP contribution in [0.15, 0.2) is 0 Å². The maximum Gasteiger partial charge on any atom is 0.252 e. The van der Waals surface area contributed by atoms with Crippen molar-refractivity contribution in [3.8, 4) is 0 Å². The number of aliphatic hydroxyl groups is 7. The Morgan fingerprint density at radius 2 is 1.47 bits per heavy atom. The Labute approximate surface area is 254 Å². The minimum Gasteiger partial charge on any atom is -0.394 e. The van der Waals surface area contributed by atoms with Gasteiger partial charge in [-0.05, 0) is 20.3 Å². The van der Waals surface area contributed by atoms with Crippen molar-refractivity contribution in [2.24, 2.45) is 5.84 Å². The Morgan fingerprint density at radius 3 is 1.95 bits per heavy atom. The molecule has 1 heterocycles. The van der Waals surface area contributed by atoms with Gasteiger partial charge >= 0.3 is 0 Å². The second-order valence-electron chi connectivity index (χ2n) is 11.9. The zero-order valence-electron chi connectivity index (χ0n) is 25.8. The van der Waals surface area contributed by atoms with Crippen LogP contribution in [0, 0.1) is 0 Å². The van der Waals surface area contributed by atoms with Crippen LogP contribution >= 0.6 is 0 Å². The summed E-state index contributed by atoms with van der Waals surface area (Å²) in [5.41, 5.74) is 1.62. The highest BCUT2D eigenvalue weighted by molar-refractivity contribution is 5.82. The fourth-order valence-electron chi connectivity index (χ4n) is 4.62. The highest BCUT2D eigenvalue weighted by atomic mass is 16.8. The SMILES string of the molecule is CCCCCCCCCCCCCC(=O)N(N)NCC(C)(C)NC(=O)C(O)C(O)C(OC1OC(O)C(O)C1O)C(O)CO. The van der Waals surface area contributed by atoms with Crippen LogP contribution in [0.4, 0.5) is 0 Å². The summed E-state index contributed by atoms with van der Waals surface area (Å²) in [5, 5.41) is 72.8. The molecule has 0 aromatic heterocycles. The van der Waals surface area contributed by atoms with Gasteiger partial charge in [0.2, 0.25) is 0 Å². The number of nitrogens with zero attached hydrogens (tertiary/aromatic N) is 1. The third-order valence-corrected chi connectivity index (χ3v) is 7.40. The van der Waals surface area contributed by atoms with E-state index in [-0.39, 0.29) is 18.9 Å². The lowest BCUT2D eigenvalue weighted by Crippen LogP contribution is -2.61. The summed E-state index contributed by atoms with van der Waals surface area (Å²) in [4.78, 5) is 25.1. The Morgan fingerprint density at radius 1 is 0.930 bits per heavy atom. The summed E-state index contributed by atoms with van der Waals surface area (Å²) in [6.07, 6.45) is -2.07. The van der Waals surface area contributed by atoms with E-state index in [1.54, 1.807) is 13.8 Å². The molecule has 15 nitrogen and oxygen atoms in total. The molecule has 1 rings (SSSR count). The first-order chi connectivity index (χ1) is 20.3. The molecule has 11 N–H and O–H groups in total. The number of carbonyl (C=O) groups excluding carboxylic acids is 2. The van der Waals surface area contributed by atoms with Crippen molar-refractivity contribution >= 4 is 11.8 Å². The molecular weight excluding hydrogens is 568 g/mol. The van der Waals surface area contributed by atoms with Gasteiger partial charge < -0.3 is 50.5 Å². The molecule has 1 fully saturated rings. The van der Waals surface area contributed by atoms with Crippen LogP contribution in [-0.2, 0) is 19.1 Å². The van der Waals surface area contributed by atoms with Gasteiger partial charge in [-0.25, -0.2) is 16.4 Å². The Bertz CT molecular complexity index is 794. The largest absolute Gasteiger partial charge is 0.394 e. The number of rotatable bonds is 23. The first kappa shape index (κ1) is 39.5. The third kappa shape index (κ3) is 14.4. The minimum absolute atomic E-state index is 0.0286. The molecule has 8 atom stereocenters. The molecule has 2 amide bonds. The molecule has 43 heavy (non-hydrogen) atoms. The highest BCUT2D eigenvalue weighted by Crippen LogP contribution is 2.24. The van der Waals surface area contributed by atoms with E-state index in [1.165, 1.54) is 44.9 Å². The van der Waals surface area contributed by atoms with Crippen LogP contribution in [0.5, 0.6) is 0 Å². The van der Waals surface area contributed by atoms with Crippen LogP contribution in [0.3, 0.4) is 0 Å². The number of hydrazine groups is 2. The van der Waals surface area contributed by atoms with Gasteiger partial charge in [-0.3, -0.25) is 9.59 Å². The number of ether oxygens (including phenoxy) is 2. The van der Waals surface area contributed by atoms with Crippen LogP contribution in [0.2, 0.25) is 0 Å². The van der Waals surface area contributed by atoms with Crippen molar-refractivity contribution in [3.63, 3.8) is 0 Å². The predicted octanol–water partition coefficient (Wildman–Crippen LogP) is -1.35. The third-order valence-electron chi connectivity index (χ3n) is 7.40. The van der Waals surface area contributed by atoms with Gasteiger partial charge in [0.1, 0.15) is 30.5 Å². The lowest BCUT2D eigenvalue weighted by atomic mass is 10.00. The molecule has 0 spiro atoms. The highest BCUT2D eigenvalue weighted by Gasteiger charge is 2.47. The number of amides is 2. The van der Waals surface area contributed by atoms with Crippen molar-refractivity contribution in [1.29, 1.82) is 0 Å². The van der Waals surface area contributed by atoms with Gasteiger partial charge in [-0.1, -0.05) is 71.1 Å². The molecule has 1 aliphatic heterocycles. The predicted molar refractivity (Wildman–Crippen MR) is 155 cm³/mol. The molecule has 1 saturated heterocycles. The molecule has 0 bridgehead atoms. The first-order valence-electron chi connectivity index (χ1n) is 15.4. The fourth-order valence-corrected chi connectivity index (χ4v) is 4.62. The average Bonchev–Trinajstić information content (AvgIpc) is 3.21. The molecule has 0 aliphatic carbocycles. The van der Waals surface area contributed by atoms with Crippen LogP contribution < -0.4 is 16.6 Å². The second-order valence-corrected chi connectivity index (χ2v) is 11.9. The van der Waals surface area contributed by atoms with E-state index < -0.39 is 67.3 Å². The summed E-state index contributed by atoms with van der Waals surface area (Å²) >= 11 is 0. The van der Waals surface area contributed by atoms with Gasteiger partial charge in [-0.2, -0.15) is 0 Å². The molecule has 15 heteroatoms. The summed E-state index contributed by atoms with van der Waals surface area (Å²) in [6.45, 7) is 4.36. The number of nitrogens with two attached hydrogens (primary N) is 1. The zero-order chi connectivity index (χ0) is 32.6. The summed E-state index contributed by atoms with van der Waals surface area (Å²) in [7, 11) is 0. The smallest absolute Gasteiger partial charge is 0.252 e. The van der Waals surface area contributed by atoms with E-state index in [0.29, 0.717) is 6.42 Å². The number of nitrogens with one attached hydrogen (secondary N) is 2. The van der Waals surface area contributed by atoms with E-state index in [2.05, 4.69) is 17.7 Å². The van der Waals surface area contributed by atoms with Crippen molar-refractivity contribution in [2.75, 3.05) is 13.2 Å². The summed E-state index contributed by atoms with van der Waals surface area (Å²) in [5.74, 6) is 4.42. The summed E-state index contributed by atoms with van der Waals surface area (Å²) < 4.78 is 10.0. The monoisotopic (exact) mass is 624 g/mol. The van der Waals surface area contributed by atoms with Crippen molar-refractivity contribution in [2.45, 2.75) is 153 Å².